The second-order valence-corrected chi connectivity index (χ2v) is 9.88. The molecule has 34 heavy (non-hydrogen) atoms. The third kappa shape index (κ3) is 3.54. The average molecular weight is 463 g/mol. The summed E-state index contributed by atoms with van der Waals surface area (Å²) in [7, 11) is 0. The molecule has 2 aromatic rings. The van der Waals surface area contributed by atoms with Crippen LogP contribution in [-0.4, -0.2) is 52.2 Å². The van der Waals surface area contributed by atoms with Gasteiger partial charge < -0.3 is 20.1 Å². The van der Waals surface area contributed by atoms with Gasteiger partial charge in [-0.05, 0) is 54.9 Å². The number of hydrogen-bond acceptors (Lipinski definition) is 4. The van der Waals surface area contributed by atoms with E-state index < -0.39 is 23.1 Å². The quantitative estimate of drug-likeness (QED) is 0.691. The molecular weight excluding hydrogens is 432 g/mol. The smallest absolute Gasteiger partial charge is 0.408 e. The highest BCUT2D eigenvalue weighted by atomic mass is 16.5. The Balaban J connectivity index is 1.32. The van der Waals surface area contributed by atoms with Gasteiger partial charge in [0.2, 0.25) is 5.91 Å². The largest absolute Gasteiger partial charge is 0.480 e. The molecule has 0 aromatic heterocycles. The summed E-state index contributed by atoms with van der Waals surface area (Å²) >= 11 is 0. The zero-order valence-electron chi connectivity index (χ0n) is 19.4. The monoisotopic (exact) mass is 462 g/mol. The van der Waals surface area contributed by atoms with Crippen LogP contribution in [0.1, 0.15) is 62.5 Å². The van der Waals surface area contributed by atoms with Gasteiger partial charge in [-0.1, -0.05) is 61.4 Å². The number of aliphatic carboxylic acids is 1. The highest BCUT2D eigenvalue weighted by molar-refractivity contribution is 5.95. The minimum Gasteiger partial charge on any atom is -0.480 e. The first-order valence-corrected chi connectivity index (χ1v) is 12.0. The maximum Gasteiger partial charge on any atom is 0.408 e. The Morgan fingerprint density at radius 2 is 1.56 bits per heavy atom. The van der Waals surface area contributed by atoms with Crippen molar-refractivity contribution >= 4 is 18.0 Å². The standard InChI is InChI=1S/C27H30N2O5/c1-26(24(31)32)13-8-16-29(26)23(30)27(14-6-7-15-27)28-25(33)34-17-22-20-11-4-2-9-18(20)19-10-3-5-12-21(19)22/h2-5,9-12,22H,6-8,13-17H2,1H3,(H,28,33)(H,31,32)/t26-/m1/s1. The Kier molecular flexibility index (Phi) is 5.58. The normalized spacial score (nSPS) is 22.8. The molecule has 2 aliphatic carbocycles. The SMILES string of the molecule is C[C@]1(C(=O)O)CCCN1C(=O)C1(NC(=O)OCC2c3ccccc3-c3ccccc32)CCCC1. The van der Waals surface area contributed by atoms with E-state index in [-0.39, 0.29) is 18.4 Å². The lowest BCUT2D eigenvalue weighted by Gasteiger charge is -2.38. The van der Waals surface area contributed by atoms with Crippen molar-refractivity contribution < 1.29 is 24.2 Å². The van der Waals surface area contributed by atoms with Crippen molar-refractivity contribution in [1.82, 2.24) is 10.2 Å². The molecular formula is C27H30N2O5. The zero-order valence-corrected chi connectivity index (χ0v) is 19.4. The van der Waals surface area contributed by atoms with Crippen LogP contribution < -0.4 is 5.32 Å². The molecule has 1 saturated carbocycles. The molecule has 2 N–H and O–H groups in total. The van der Waals surface area contributed by atoms with Crippen LogP contribution in [0.4, 0.5) is 4.79 Å². The number of carboxylic acid groups (broad SMARTS) is 1. The van der Waals surface area contributed by atoms with E-state index in [2.05, 4.69) is 29.6 Å². The molecule has 7 nitrogen and oxygen atoms in total. The van der Waals surface area contributed by atoms with E-state index in [9.17, 15) is 19.5 Å². The molecule has 2 fully saturated rings. The van der Waals surface area contributed by atoms with Crippen molar-refractivity contribution in [2.45, 2.75) is 62.4 Å². The number of benzene rings is 2. The van der Waals surface area contributed by atoms with Gasteiger partial charge in [0.25, 0.3) is 0 Å². The van der Waals surface area contributed by atoms with Crippen LogP contribution in [0.3, 0.4) is 0 Å². The Morgan fingerprint density at radius 1 is 0.971 bits per heavy atom. The number of alkyl carbamates (subject to hydrolysis) is 1. The van der Waals surface area contributed by atoms with Crippen molar-refractivity contribution in [3.63, 3.8) is 0 Å². The summed E-state index contributed by atoms with van der Waals surface area (Å²) in [6.45, 7) is 2.15. The number of fused-ring (bicyclic) bond motifs is 3. The second kappa shape index (κ2) is 8.46. The Bertz CT molecular complexity index is 1090. The third-order valence-corrected chi connectivity index (χ3v) is 7.90. The lowest BCUT2D eigenvalue weighted by atomic mass is 9.92. The Morgan fingerprint density at radius 3 is 2.15 bits per heavy atom. The number of carbonyl (C=O) groups is 3. The predicted molar refractivity (Wildman–Crippen MR) is 126 cm³/mol. The summed E-state index contributed by atoms with van der Waals surface area (Å²) in [4.78, 5) is 40.0. The minimum atomic E-state index is -1.24. The number of nitrogens with one attached hydrogen (secondary N) is 1. The summed E-state index contributed by atoms with van der Waals surface area (Å²) in [5.74, 6) is -1.38. The van der Waals surface area contributed by atoms with Crippen molar-refractivity contribution in [3.05, 3.63) is 59.7 Å². The van der Waals surface area contributed by atoms with Crippen molar-refractivity contribution in [1.29, 1.82) is 0 Å². The molecule has 1 atom stereocenters. The number of likely N-dealkylation sites (tertiary alicyclic amines) is 1. The molecule has 0 bridgehead atoms. The van der Waals surface area contributed by atoms with Gasteiger partial charge in [0.1, 0.15) is 17.7 Å². The molecule has 0 unspecified atom stereocenters. The second-order valence-electron chi connectivity index (χ2n) is 9.88. The average Bonchev–Trinajstić information content (AvgIpc) is 3.54. The Hall–Kier alpha value is -3.35. The van der Waals surface area contributed by atoms with Crippen LogP contribution in [0.15, 0.2) is 48.5 Å². The van der Waals surface area contributed by atoms with E-state index in [1.807, 2.05) is 24.3 Å². The highest BCUT2D eigenvalue weighted by Crippen LogP contribution is 2.44. The number of nitrogens with zero attached hydrogens (tertiary/aromatic N) is 1. The molecule has 0 radical (unpaired) electrons. The van der Waals surface area contributed by atoms with E-state index in [1.165, 1.54) is 4.90 Å². The van der Waals surface area contributed by atoms with Gasteiger partial charge in [-0.2, -0.15) is 0 Å². The maximum absolute atomic E-state index is 13.6. The van der Waals surface area contributed by atoms with Gasteiger partial charge in [-0.3, -0.25) is 4.79 Å². The summed E-state index contributed by atoms with van der Waals surface area (Å²) in [5.41, 5.74) is 2.20. The number of carboxylic acids is 1. The lowest BCUT2D eigenvalue weighted by Crippen LogP contribution is -2.63. The fourth-order valence-electron chi connectivity index (χ4n) is 5.97. The van der Waals surface area contributed by atoms with Crippen molar-refractivity contribution in [2.75, 3.05) is 13.2 Å². The van der Waals surface area contributed by atoms with Crippen LogP contribution in [0.5, 0.6) is 0 Å². The molecule has 178 valence electrons. The minimum absolute atomic E-state index is 0.0673. The van der Waals surface area contributed by atoms with Crippen LogP contribution in [0, 0.1) is 0 Å². The van der Waals surface area contributed by atoms with Crippen LogP contribution in [0.2, 0.25) is 0 Å². The molecule has 7 heteroatoms. The van der Waals surface area contributed by atoms with Gasteiger partial charge in [-0.25, -0.2) is 9.59 Å². The third-order valence-electron chi connectivity index (χ3n) is 7.90. The first-order valence-electron chi connectivity index (χ1n) is 12.0. The molecule has 5 rings (SSSR count). The van der Waals surface area contributed by atoms with Crippen molar-refractivity contribution in [2.24, 2.45) is 0 Å². The van der Waals surface area contributed by atoms with Gasteiger partial charge in [0.15, 0.2) is 0 Å². The van der Waals surface area contributed by atoms with Gasteiger partial charge >= 0.3 is 12.1 Å². The number of rotatable bonds is 5. The van der Waals surface area contributed by atoms with E-state index in [0.29, 0.717) is 32.2 Å². The summed E-state index contributed by atoms with van der Waals surface area (Å²) in [6.07, 6.45) is 2.99. The number of amides is 2. The van der Waals surface area contributed by atoms with E-state index >= 15 is 0 Å². The Labute approximate surface area is 199 Å². The maximum atomic E-state index is 13.6. The molecule has 2 aromatic carbocycles. The topological polar surface area (TPSA) is 95.9 Å². The summed E-state index contributed by atoms with van der Waals surface area (Å²) in [6, 6.07) is 16.3. The van der Waals surface area contributed by atoms with Gasteiger partial charge in [0.05, 0.1) is 0 Å². The van der Waals surface area contributed by atoms with E-state index in [0.717, 1.165) is 35.1 Å². The van der Waals surface area contributed by atoms with Gasteiger partial charge in [0, 0.05) is 12.5 Å². The molecule has 3 aliphatic rings. The number of ether oxygens (including phenoxy) is 1. The fourth-order valence-corrected chi connectivity index (χ4v) is 5.97. The van der Waals surface area contributed by atoms with Crippen molar-refractivity contribution in [3.8, 4) is 11.1 Å². The highest BCUT2D eigenvalue weighted by Gasteiger charge is 2.53. The number of hydrogen-bond donors (Lipinski definition) is 2. The molecule has 1 heterocycles. The summed E-state index contributed by atoms with van der Waals surface area (Å²) in [5, 5.41) is 12.6. The summed E-state index contributed by atoms with van der Waals surface area (Å²) < 4.78 is 5.70. The van der Waals surface area contributed by atoms with Crippen LogP contribution >= 0.6 is 0 Å². The zero-order chi connectivity index (χ0) is 23.9. The number of carbonyl (C=O) groups excluding carboxylic acids is 2. The fraction of sp³-hybridized carbons (Fsp3) is 0.444. The molecule has 1 saturated heterocycles. The van der Waals surface area contributed by atoms with E-state index in [1.54, 1.807) is 6.92 Å². The van der Waals surface area contributed by atoms with Gasteiger partial charge in [-0.15, -0.1) is 0 Å². The molecule has 0 spiro atoms. The first-order chi connectivity index (χ1) is 16.4. The lowest BCUT2D eigenvalue weighted by molar-refractivity contribution is -0.158. The molecule has 1 aliphatic heterocycles. The predicted octanol–water partition coefficient (Wildman–Crippen LogP) is 4.30. The van der Waals surface area contributed by atoms with E-state index in [4.69, 9.17) is 4.74 Å². The molecule has 2 amide bonds. The first kappa shape index (κ1) is 22.4. The van der Waals surface area contributed by atoms with Crippen LogP contribution in [-0.2, 0) is 14.3 Å². The van der Waals surface area contributed by atoms with Crippen LogP contribution in [0.25, 0.3) is 11.1 Å².